The van der Waals surface area contributed by atoms with Crippen LogP contribution >= 0.6 is 0 Å². The van der Waals surface area contributed by atoms with Crippen molar-refractivity contribution in [3.8, 4) is 17.2 Å². The molecule has 1 heterocycles. The van der Waals surface area contributed by atoms with Crippen LogP contribution in [0.5, 0.6) is 11.5 Å². The fourth-order valence-corrected chi connectivity index (χ4v) is 2.47. The largest absolute Gasteiger partial charge is 0.493 e. The second-order valence-corrected chi connectivity index (χ2v) is 5.54. The molecule has 0 aliphatic heterocycles. The third-order valence-corrected chi connectivity index (χ3v) is 3.80. The molecular weight excluding hydrogens is 356 g/mol. The smallest absolute Gasteiger partial charge is 0.387 e. The highest BCUT2D eigenvalue weighted by atomic mass is 19.3. The van der Waals surface area contributed by atoms with E-state index in [0.717, 1.165) is 11.3 Å². The van der Waals surface area contributed by atoms with E-state index in [1.807, 2.05) is 36.5 Å². The number of ether oxygens (including phenoxy) is 2. The molecule has 1 amide bonds. The minimum absolute atomic E-state index is 0.0616. The Balaban J connectivity index is 1.63. The van der Waals surface area contributed by atoms with Crippen molar-refractivity contribution in [1.29, 1.82) is 0 Å². The molecule has 0 spiro atoms. The van der Waals surface area contributed by atoms with Gasteiger partial charge in [0.1, 0.15) is 0 Å². The van der Waals surface area contributed by atoms with E-state index in [1.165, 1.54) is 25.3 Å². The van der Waals surface area contributed by atoms with Crippen molar-refractivity contribution in [1.82, 2.24) is 15.1 Å². The summed E-state index contributed by atoms with van der Waals surface area (Å²) in [5, 5.41) is 6.92. The highest BCUT2D eigenvalue weighted by Crippen LogP contribution is 2.29. The average Bonchev–Trinajstić information content (AvgIpc) is 3.21. The van der Waals surface area contributed by atoms with Crippen LogP contribution < -0.4 is 14.8 Å². The molecule has 27 heavy (non-hydrogen) atoms. The SMILES string of the molecule is COc1cc(C(=O)NCc2ccc(-n3cccn3)cc2)ccc1OC(F)F. The molecule has 140 valence electrons. The lowest BCUT2D eigenvalue weighted by molar-refractivity contribution is -0.0512. The number of carbonyl (C=O) groups is 1. The zero-order valence-electron chi connectivity index (χ0n) is 14.4. The number of carbonyl (C=O) groups excluding carboxylic acids is 1. The van der Waals surface area contributed by atoms with Gasteiger partial charge in [0, 0.05) is 24.5 Å². The summed E-state index contributed by atoms with van der Waals surface area (Å²) in [6.07, 6.45) is 3.53. The van der Waals surface area contributed by atoms with E-state index < -0.39 is 6.61 Å². The van der Waals surface area contributed by atoms with Crippen molar-refractivity contribution in [2.24, 2.45) is 0 Å². The Bertz CT molecular complexity index is 897. The van der Waals surface area contributed by atoms with E-state index in [4.69, 9.17) is 4.74 Å². The van der Waals surface area contributed by atoms with E-state index in [1.54, 1.807) is 10.9 Å². The monoisotopic (exact) mass is 373 g/mol. The van der Waals surface area contributed by atoms with Crippen LogP contribution in [0.25, 0.3) is 5.69 Å². The molecule has 0 aliphatic carbocycles. The van der Waals surface area contributed by atoms with Crippen LogP contribution in [0.15, 0.2) is 60.9 Å². The van der Waals surface area contributed by atoms with Gasteiger partial charge < -0.3 is 14.8 Å². The number of halogens is 2. The van der Waals surface area contributed by atoms with Gasteiger partial charge in [-0.15, -0.1) is 0 Å². The van der Waals surface area contributed by atoms with Crippen molar-refractivity contribution in [2.45, 2.75) is 13.2 Å². The van der Waals surface area contributed by atoms with Gasteiger partial charge in [-0.3, -0.25) is 4.79 Å². The molecule has 2 aromatic carbocycles. The molecule has 3 aromatic rings. The number of benzene rings is 2. The lowest BCUT2D eigenvalue weighted by Crippen LogP contribution is -2.22. The maximum atomic E-state index is 12.4. The normalized spacial score (nSPS) is 10.7. The molecule has 0 saturated carbocycles. The summed E-state index contributed by atoms with van der Waals surface area (Å²) in [5.41, 5.74) is 2.10. The molecule has 3 rings (SSSR count). The second kappa shape index (κ2) is 8.31. The van der Waals surface area contributed by atoms with E-state index >= 15 is 0 Å². The summed E-state index contributed by atoms with van der Waals surface area (Å²) in [6, 6.07) is 13.4. The molecule has 0 saturated heterocycles. The van der Waals surface area contributed by atoms with Crippen molar-refractivity contribution < 1.29 is 23.0 Å². The quantitative estimate of drug-likeness (QED) is 0.689. The summed E-state index contributed by atoms with van der Waals surface area (Å²) < 4.78 is 35.8. The Labute approximate surface area is 154 Å². The molecule has 0 unspecified atom stereocenters. The van der Waals surface area contributed by atoms with Gasteiger partial charge in [0.15, 0.2) is 11.5 Å². The average molecular weight is 373 g/mol. The Morgan fingerprint density at radius 2 is 1.96 bits per heavy atom. The lowest BCUT2D eigenvalue weighted by Gasteiger charge is -2.12. The molecule has 0 bridgehead atoms. The number of nitrogens with one attached hydrogen (secondary N) is 1. The fraction of sp³-hybridized carbons (Fsp3) is 0.158. The first kappa shape index (κ1) is 18.4. The Hall–Kier alpha value is -3.42. The summed E-state index contributed by atoms with van der Waals surface area (Å²) in [6.45, 7) is -2.65. The highest BCUT2D eigenvalue weighted by molar-refractivity contribution is 5.94. The molecule has 6 nitrogen and oxygen atoms in total. The topological polar surface area (TPSA) is 65.4 Å². The van der Waals surface area contributed by atoms with E-state index in [2.05, 4.69) is 15.2 Å². The Morgan fingerprint density at radius 3 is 2.59 bits per heavy atom. The zero-order valence-corrected chi connectivity index (χ0v) is 14.4. The number of nitrogens with zero attached hydrogens (tertiary/aromatic N) is 2. The third kappa shape index (κ3) is 4.60. The number of hydrogen-bond donors (Lipinski definition) is 1. The standard InChI is InChI=1S/C19H17F2N3O3/c1-26-17-11-14(5-8-16(17)27-19(20)21)18(25)22-12-13-3-6-15(7-4-13)24-10-2-9-23-24/h2-11,19H,12H2,1H3,(H,22,25). The minimum Gasteiger partial charge on any atom is -0.493 e. The molecule has 1 aromatic heterocycles. The minimum atomic E-state index is -2.97. The summed E-state index contributed by atoms with van der Waals surface area (Å²) in [4.78, 5) is 12.3. The van der Waals surface area contributed by atoms with Gasteiger partial charge in [0.25, 0.3) is 5.91 Å². The molecule has 1 N–H and O–H groups in total. The molecule has 0 atom stereocenters. The lowest BCUT2D eigenvalue weighted by atomic mass is 10.1. The summed E-state index contributed by atoms with van der Waals surface area (Å²) >= 11 is 0. The third-order valence-electron chi connectivity index (χ3n) is 3.80. The van der Waals surface area contributed by atoms with Crippen LogP contribution in [0, 0.1) is 0 Å². The molecule has 8 heteroatoms. The number of alkyl halides is 2. The van der Waals surface area contributed by atoms with Crippen molar-refractivity contribution in [2.75, 3.05) is 7.11 Å². The van der Waals surface area contributed by atoms with Crippen LogP contribution in [0.3, 0.4) is 0 Å². The van der Waals surface area contributed by atoms with Crippen LogP contribution in [0.1, 0.15) is 15.9 Å². The zero-order chi connectivity index (χ0) is 19.2. The van der Waals surface area contributed by atoms with E-state index in [0.29, 0.717) is 6.54 Å². The number of hydrogen-bond acceptors (Lipinski definition) is 4. The second-order valence-electron chi connectivity index (χ2n) is 5.54. The van der Waals surface area contributed by atoms with Crippen LogP contribution in [0.4, 0.5) is 8.78 Å². The van der Waals surface area contributed by atoms with Gasteiger partial charge in [0.2, 0.25) is 0 Å². The predicted molar refractivity (Wildman–Crippen MR) is 94.4 cm³/mol. The van der Waals surface area contributed by atoms with Crippen molar-refractivity contribution >= 4 is 5.91 Å². The van der Waals surface area contributed by atoms with Crippen LogP contribution in [0.2, 0.25) is 0 Å². The summed E-state index contributed by atoms with van der Waals surface area (Å²) in [7, 11) is 1.32. The molecule has 0 aliphatic rings. The molecular formula is C19H17F2N3O3. The predicted octanol–water partition coefficient (Wildman–Crippen LogP) is 3.41. The van der Waals surface area contributed by atoms with Gasteiger partial charge in [-0.05, 0) is 42.0 Å². The molecule has 0 radical (unpaired) electrons. The van der Waals surface area contributed by atoms with Crippen LogP contribution in [-0.4, -0.2) is 29.4 Å². The van der Waals surface area contributed by atoms with Gasteiger partial charge in [-0.25, -0.2) is 4.68 Å². The summed E-state index contributed by atoms with van der Waals surface area (Å²) in [5.74, 6) is -0.419. The van der Waals surface area contributed by atoms with E-state index in [-0.39, 0.29) is 23.0 Å². The first-order valence-corrected chi connectivity index (χ1v) is 8.07. The maximum Gasteiger partial charge on any atom is 0.387 e. The number of methoxy groups -OCH3 is 1. The van der Waals surface area contributed by atoms with Gasteiger partial charge in [-0.2, -0.15) is 13.9 Å². The van der Waals surface area contributed by atoms with Gasteiger partial charge in [0.05, 0.1) is 12.8 Å². The number of amides is 1. The molecule has 0 fully saturated rings. The Morgan fingerprint density at radius 1 is 1.19 bits per heavy atom. The number of rotatable bonds is 7. The van der Waals surface area contributed by atoms with Gasteiger partial charge in [-0.1, -0.05) is 12.1 Å². The van der Waals surface area contributed by atoms with Crippen LogP contribution in [-0.2, 0) is 6.54 Å². The first-order chi connectivity index (χ1) is 13.1. The van der Waals surface area contributed by atoms with Crippen molar-refractivity contribution in [3.63, 3.8) is 0 Å². The highest BCUT2D eigenvalue weighted by Gasteiger charge is 2.14. The van der Waals surface area contributed by atoms with Gasteiger partial charge >= 0.3 is 6.61 Å². The van der Waals surface area contributed by atoms with E-state index in [9.17, 15) is 13.6 Å². The Kier molecular flexibility index (Phi) is 5.65. The van der Waals surface area contributed by atoms with Crippen molar-refractivity contribution in [3.05, 3.63) is 72.1 Å². The fourth-order valence-electron chi connectivity index (χ4n) is 2.47. The number of aromatic nitrogens is 2. The maximum absolute atomic E-state index is 12.4. The first-order valence-electron chi connectivity index (χ1n) is 8.07.